The van der Waals surface area contributed by atoms with Gasteiger partial charge in [0.2, 0.25) is 0 Å². The van der Waals surface area contributed by atoms with Gasteiger partial charge in [0.25, 0.3) is 15.9 Å². The largest absolute Gasteiger partial charge is 0.497 e. The molecule has 278 valence electrons. The molecule has 51 heavy (non-hydrogen) atoms. The van der Waals surface area contributed by atoms with Gasteiger partial charge in [-0.05, 0) is 54.8 Å². The van der Waals surface area contributed by atoms with Crippen LogP contribution in [0.2, 0.25) is 0 Å². The number of pyridine rings is 1. The summed E-state index contributed by atoms with van der Waals surface area (Å²) in [4.78, 5) is 60.5. The minimum atomic E-state index is -3.80. The van der Waals surface area contributed by atoms with Crippen molar-refractivity contribution in [3.63, 3.8) is 0 Å². The van der Waals surface area contributed by atoms with Crippen molar-refractivity contribution in [2.45, 2.75) is 50.8 Å². The molecule has 0 aliphatic rings. The van der Waals surface area contributed by atoms with Crippen molar-refractivity contribution in [3.8, 4) is 5.75 Å². The number of carbonyl (C=O) groups is 5. The lowest BCUT2D eigenvalue weighted by molar-refractivity contribution is -0.142. The van der Waals surface area contributed by atoms with E-state index in [1.807, 2.05) is 13.8 Å². The smallest absolute Gasteiger partial charge is 0.329 e. The monoisotopic (exact) mass is 731 g/mol. The topological polar surface area (TPSA) is 225 Å². The van der Waals surface area contributed by atoms with E-state index in [0.29, 0.717) is 18.6 Å². The molecule has 0 unspecified atom stereocenters. The molecule has 16 heteroatoms. The van der Waals surface area contributed by atoms with E-state index in [0.717, 1.165) is 5.56 Å². The number of nitrogens with zero attached hydrogens (tertiary/aromatic N) is 1. The van der Waals surface area contributed by atoms with E-state index in [1.54, 1.807) is 49.6 Å². The van der Waals surface area contributed by atoms with Gasteiger partial charge in [0.15, 0.2) is 11.6 Å². The number of carboxylic acid groups (broad SMARTS) is 2. The molecule has 2 aromatic carbocycles. The Balaban J connectivity index is 0.000000776. The molecule has 1 amide bonds. The number of carboxylic acids is 2. The summed E-state index contributed by atoms with van der Waals surface area (Å²) in [6, 6.07) is 17.5. The Morgan fingerprint density at radius 1 is 0.784 bits per heavy atom. The Bertz CT molecular complexity index is 1630. The summed E-state index contributed by atoms with van der Waals surface area (Å²) in [6.45, 7) is 3.67. The number of sulfonamides is 1. The normalized spacial score (nSPS) is 10.3. The highest BCUT2D eigenvalue weighted by atomic mass is 32.2. The Morgan fingerprint density at radius 2 is 1.43 bits per heavy atom. The molecule has 4 N–H and O–H groups in total. The predicted molar refractivity (Wildman–Crippen MR) is 187 cm³/mol. The van der Waals surface area contributed by atoms with Gasteiger partial charge < -0.3 is 29.7 Å². The van der Waals surface area contributed by atoms with Gasteiger partial charge in [-0.3, -0.25) is 23.9 Å². The van der Waals surface area contributed by atoms with Crippen molar-refractivity contribution in [2.75, 3.05) is 44.8 Å². The molecule has 0 radical (unpaired) electrons. The Labute approximate surface area is 297 Å². The van der Waals surface area contributed by atoms with Crippen LogP contribution in [0.5, 0.6) is 5.75 Å². The van der Waals surface area contributed by atoms with E-state index < -0.39 is 34.5 Å². The first-order chi connectivity index (χ1) is 24.4. The maximum atomic E-state index is 12.3. The molecule has 0 aliphatic heterocycles. The molecule has 3 aromatic rings. The van der Waals surface area contributed by atoms with Crippen LogP contribution in [0.4, 0.5) is 5.82 Å². The van der Waals surface area contributed by atoms with Crippen molar-refractivity contribution < 1.29 is 56.8 Å². The fraction of sp³-hybridized carbons (Fsp3) is 0.371. The number of aliphatic carboxylic acids is 2. The standard InChI is InChI=1S/C24H29N3O9S.C9H10O3.C2H6/c28-19(6-4-12-35-16-20(29)7-5-13-36-17-23(30)31)15-26-24(32)18-10-11-22(25-14-18)27-37(33,34)21-8-2-1-3-9-21;1-12-8-4-2-3-7(5-8)6-9(10)11;1-2/h1-3,8-11,14H,4-7,12-13,15-17H2,(H,25,27)(H,26,32)(H,30,31);2-5H,6H2,1H3,(H,10,11);1-2H3. The van der Waals surface area contributed by atoms with Crippen LogP contribution >= 0.6 is 0 Å². The minimum absolute atomic E-state index is 0.0389. The summed E-state index contributed by atoms with van der Waals surface area (Å²) < 4.78 is 42.0. The Hall–Kier alpha value is -5.19. The van der Waals surface area contributed by atoms with Crippen LogP contribution < -0.4 is 14.8 Å². The van der Waals surface area contributed by atoms with Gasteiger partial charge in [0.1, 0.15) is 24.8 Å². The fourth-order valence-corrected chi connectivity index (χ4v) is 4.90. The summed E-state index contributed by atoms with van der Waals surface area (Å²) in [5, 5.41) is 19.4. The highest BCUT2D eigenvalue weighted by Crippen LogP contribution is 2.14. The molecule has 0 aliphatic carbocycles. The van der Waals surface area contributed by atoms with E-state index in [1.165, 1.54) is 30.5 Å². The first-order valence-electron chi connectivity index (χ1n) is 16.0. The second-order valence-corrected chi connectivity index (χ2v) is 11.9. The van der Waals surface area contributed by atoms with Crippen molar-refractivity contribution >= 4 is 45.3 Å². The number of Topliss-reactive ketones (excluding diaryl/α,β-unsaturated/α-hetero) is 2. The molecule has 3 rings (SSSR count). The molecule has 0 saturated carbocycles. The number of benzene rings is 2. The zero-order valence-corrected chi connectivity index (χ0v) is 29.6. The SMILES string of the molecule is CC.COc1cccc(CC(=O)O)c1.O=C(O)COCCCC(=O)COCCCC(=O)CNC(=O)c1ccc(NS(=O)(=O)c2ccccc2)nc1. The highest BCUT2D eigenvalue weighted by Gasteiger charge is 2.15. The number of nitrogens with one attached hydrogen (secondary N) is 2. The van der Waals surface area contributed by atoms with Gasteiger partial charge >= 0.3 is 11.9 Å². The first-order valence-corrected chi connectivity index (χ1v) is 17.5. The lowest BCUT2D eigenvalue weighted by Crippen LogP contribution is -2.29. The molecule has 0 saturated heterocycles. The van der Waals surface area contributed by atoms with Crippen LogP contribution in [-0.2, 0) is 45.1 Å². The zero-order chi connectivity index (χ0) is 38.1. The number of methoxy groups -OCH3 is 1. The van der Waals surface area contributed by atoms with Crippen LogP contribution in [-0.4, -0.2) is 93.1 Å². The Morgan fingerprint density at radius 3 is 2.02 bits per heavy atom. The van der Waals surface area contributed by atoms with Gasteiger partial charge in [0, 0.05) is 32.3 Å². The van der Waals surface area contributed by atoms with E-state index in [2.05, 4.69) is 15.0 Å². The van der Waals surface area contributed by atoms with E-state index in [9.17, 15) is 32.4 Å². The molecule has 1 aromatic heterocycles. The average Bonchev–Trinajstić information content (AvgIpc) is 3.11. The number of hydrogen-bond acceptors (Lipinski definition) is 11. The predicted octanol–water partition coefficient (Wildman–Crippen LogP) is 3.78. The van der Waals surface area contributed by atoms with E-state index in [-0.39, 0.29) is 73.5 Å². The van der Waals surface area contributed by atoms with Gasteiger partial charge in [-0.15, -0.1) is 0 Å². The number of ether oxygens (including phenoxy) is 3. The van der Waals surface area contributed by atoms with Gasteiger partial charge in [-0.25, -0.2) is 18.2 Å². The third-order valence-corrected chi connectivity index (χ3v) is 7.60. The third kappa shape index (κ3) is 19.6. The van der Waals surface area contributed by atoms with Gasteiger partial charge in [-0.1, -0.05) is 44.2 Å². The van der Waals surface area contributed by atoms with Crippen LogP contribution in [0.3, 0.4) is 0 Å². The number of anilines is 1. The minimum Gasteiger partial charge on any atom is -0.497 e. The summed E-state index contributed by atoms with van der Waals surface area (Å²) in [6.07, 6.45) is 2.37. The lowest BCUT2D eigenvalue weighted by Gasteiger charge is -2.08. The number of hydrogen-bond donors (Lipinski definition) is 4. The van der Waals surface area contributed by atoms with Crippen LogP contribution in [0.1, 0.15) is 55.5 Å². The molecule has 1 heterocycles. The number of ketones is 2. The molecular formula is C35H45N3O12S. The lowest BCUT2D eigenvalue weighted by atomic mass is 10.1. The van der Waals surface area contributed by atoms with Crippen molar-refractivity contribution in [1.29, 1.82) is 0 Å². The van der Waals surface area contributed by atoms with E-state index >= 15 is 0 Å². The summed E-state index contributed by atoms with van der Waals surface area (Å²) in [5.41, 5.74) is 0.910. The van der Waals surface area contributed by atoms with Gasteiger partial charge in [-0.2, -0.15) is 0 Å². The molecule has 0 bridgehead atoms. The highest BCUT2D eigenvalue weighted by molar-refractivity contribution is 7.92. The maximum absolute atomic E-state index is 12.3. The van der Waals surface area contributed by atoms with Gasteiger partial charge in [0.05, 0.1) is 30.5 Å². The quantitative estimate of drug-likeness (QED) is 0.115. The van der Waals surface area contributed by atoms with Crippen LogP contribution in [0.15, 0.2) is 77.8 Å². The summed E-state index contributed by atoms with van der Waals surface area (Å²) in [5.74, 6) is -2.07. The molecule has 15 nitrogen and oxygen atoms in total. The summed E-state index contributed by atoms with van der Waals surface area (Å²) >= 11 is 0. The molecule has 0 atom stereocenters. The van der Waals surface area contributed by atoms with Crippen molar-refractivity contribution in [2.24, 2.45) is 0 Å². The number of rotatable bonds is 21. The van der Waals surface area contributed by atoms with Crippen LogP contribution in [0.25, 0.3) is 0 Å². The number of carbonyl (C=O) groups excluding carboxylic acids is 3. The number of aromatic nitrogens is 1. The third-order valence-electron chi connectivity index (χ3n) is 6.23. The summed E-state index contributed by atoms with van der Waals surface area (Å²) in [7, 11) is -2.25. The molecule has 0 fully saturated rings. The maximum Gasteiger partial charge on any atom is 0.329 e. The molecular weight excluding hydrogens is 686 g/mol. The van der Waals surface area contributed by atoms with Crippen molar-refractivity contribution in [3.05, 3.63) is 84.1 Å². The second-order valence-electron chi connectivity index (χ2n) is 10.2. The van der Waals surface area contributed by atoms with Crippen molar-refractivity contribution in [1.82, 2.24) is 10.3 Å². The fourth-order valence-electron chi connectivity index (χ4n) is 3.87. The Kier molecular flexibility index (Phi) is 21.4. The van der Waals surface area contributed by atoms with Crippen LogP contribution in [0, 0.1) is 0 Å². The molecule has 0 spiro atoms. The first kappa shape index (κ1) is 43.8. The second kappa shape index (κ2) is 24.9. The van der Waals surface area contributed by atoms with E-state index in [4.69, 9.17) is 24.4 Å². The average molecular weight is 732 g/mol. The number of amides is 1. The zero-order valence-electron chi connectivity index (χ0n) is 28.8.